The van der Waals surface area contributed by atoms with E-state index in [1.807, 2.05) is 30.0 Å². The summed E-state index contributed by atoms with van der Waals surface area (Å²) in [5.74, 6) is 1.11. The van der Waals surface area contributed by atoms with Gasteiger partial charge in [0.2, 0.25) is 0 Å². The van der Waals surface area contributed by atoms with Crippen LogP contribution in [0.15, 0.2) is 30.3 Å². The lowest BCUT2D eigenvalue weighted by Crippen LogP contribution is -2.09. The number of hydrogen-bond acceptors (Lipinski definition) is 2. The number of benzene rings is 1. The largest absolute Gasteiger partial charge is 0.481 e. The fourth-order valence-electron chi connectivity index (χ4n) is 3.02. The molecule has 0 radical (unpaired) electrons. The van der Waals surface area contributed by atoms with Gasteiger partial charge in [-0.15, -0.1) is 0 Å². The zero-order valence-corrected chi connectivity index (χ0v) is 16.2. The summed E-state index contributed by atoms with van der Waals surface area (Å²) in [5, 5.41) is 9.31. The molecule has 0 amide bonds. The van der Waals surface area contributed by atoms with E-state index >= 15 is 0 Å². The number of rotatable bonds is 14. The zero-order valence-electron chi connectivity index (χ0n) is 15.4. The second-order valence-corrected chi connectivity index (χ2v) is 7.92. The molecule has 0 aliphatic rings. The van der Waals surface area contributed by atoms with Gasteiger partial charge in [0.05, 0.1) is 6.42 Å². The molecule has 2 nitrogen and oxygen atoms in total. The fourth-order valence-corrected chi connectivity index (χ4v) is 4.46. The minimum Gasteiger partial charge on any atom is -0.481 e. The molecular weight excluding hydrogens is 316 g/mol. The molecule has 1 aromatic rings. The Bertz CT molecular complexity index is 433. The summed E-state index contributed by atoms with van der Waals surface area (Å²) in [4.78, 5) is 11.2. The molecule has 2 atom stereocenters. The third kappa shape index (κ3) is 9.36. The van der Waals surface area contributed by atoms with Crippen LogP contribution in [-0.4, -0.2) is 16.8 Å². The SMILES string of the molecule is CCCCCCC(CCCC)CSC(CC(=O)O)c1ccccc1. The standard InChI is InChI=1S/C21H34O2S/c1-3-5-7-9-13-18(12-6-4-2)17-24-20(16-21(22)23)19-14-10-8-11-15-19/h8,10-11,14-15,18,20H,3-7,9,12-13,16-17H2,1-2H3,(H,22,23). The molecule has 0 aliphatic heterocycles. The highest BCUT2D eigenvalue weighted by Crippen LogP contribution is 2.35. The molecule has 0 saturated heterocycles. The number of carboxylic acids is 1. The average Bonchev–Trinajstić information content (AvgIpc) is 2.59. The molecule has 0 aliphatic carbocycles. The summed E-state index contributed by atoms with van der Waals surface area (Å²) in [7, 11) is 0. The number of carbonyl (C=O) groups is 1. The van der Waals surface area contributed by atoms with Gasteiger partial charge < -0.3 is 5.11 Å². The smallest absolute Gasteiger partial charge is 0.304 e. The molecule has 1 N–H and O–H groups in total. The van der Waals surface area contributed by atoms with E-state index in [1.165, 1.54) is 51.4 Å². The van der Waals surface area contributed by atoms with Crippen LogP contribution < -0.4 is 0 Å². The van der Waals surface area contributed by atoms with Crippen LogP contribution in [0, 0.1) is 5.92 Å². The van der Waals surface area contributed by atoms with E-state index in [0.29, 0.717) is 0 Å². The van der Waals surface area contributed by atoms with E-state index in [-0.39, 0.29) is 11.7 Å². The molecule has 136 valence electrons. The normalized spacial score (nSPS) is 13.6. The second kappa shape index (κ2) is 13.3. The third-order valence-corrected chi connectivity index (χ3v) is 6.00. The van der Waals surface area contributed by atoms with Gasteiger partial charge in [0, 0.05) is 5.25 Å². The minimum absolute atomic E-state index is 0.0727. The number of thioether (sulfide) groups is 1. The molecule has 0 heterocycles. The lowest BCUT2D eigenvalue weighted by molar-refractivity contribution is -0.137. The lowest BCUT2D eigenvalue weighted by atomic mass is 9.97. The van der Waals surface area contributed by atoms with E-state index in [4.69, 9.17) is 0 Å². The Labute approximate surface area is 152 Å². The van der Waals surface area contributed by atoms with Crippen LogP contribution in [0.3, 0.4) is 0 Å². The molecule has 2 unspecified atom stereocenters. The van der Waals surface area contributed by atoms with Crippen molar-refractivity contribution >= 4 is 17.7 Å². The van der Waals surface area contributed by atoms with E-state index in [2.05, 4.69) is 26.0 Å². The summed E-state index contributed by atoms with van der Waals surface area (Å²) in [6.45, 7) is 4.50. The lowest BCUT2D eigenvalue weighted by Gasteiger charge is -2.21. The Morgan fingerprint density at radius 3 is 2.29 bits per heavy atom. The summed E-state index contributed by atoms with van der Waals surface area (Å²) in [6.07, 6.45) is 10.6. The van der Waals surface area contributed by atoms with Crippen LogP contribution in [0.5, 0.6) is 0 Å². The maximum atomic E-state index is 11.2. The van der Waals surface area contributed by atoms with Crippen LogP contribution in [0.4, 0.5) is 0 Å². The predicted molar refractivity (Wildman–Crippen MR) is 106 cm³/mol. The molecule has 1 aromatic carbocycles. The number of carboxylic acid groups (broad SMARTS) is 1. The summed E-state index contributed by atoms with van der Waals surface area (Å²) in [6, 6.07) is 10.1. The van der Waals surface area contributed by atoms with E-state index in [1.54, 1.807) is 0 Å². The highest BCUT2D eigenvalue weighted by atomic mass is 32.2. The molecule has 0 spiro atoms. The molecule has 1 rings (SSSR count). The van der Waals surface area contributed by atoms with Crippen LogP contribution in [0.2, 0.25) is 0 Å². The van der Waals surface area contributed by atoms with E-state index in [0.717, 1.165) is 17.2 Å². The molecule has 3 heteroatoms. The number of hydrogen-bond donors (Lipinski definition) is 1. The average molecular weight is 351 g/mol. The second-order valence-electron chi connectivity index (χ2n) is 6.69. The van der Waals surface area contributed by atoms with Crippen molar-refractivity contribution in [3.05, 3.63) is 35.9 Å². The highest BCUT2D eigenvalue weighted by molar-refractivity contribution is 7.99. The highest BCUT2D eigenvalue weighted by Gasteiger charge is 2.18. The van der Waals surface area contributed by atoms with Crippen LogP contribution in [0.1, 0.15) is 82.4 Å². The van der Waals surface area contributed by atoms with E-state index < -0.39 is 5.97 Å². The monoisotopic (exact) mass is 350 g/mol. The summed E-state index contributed by atoms with van der Waals surface area (Å²) in [5.41, 5.74) is 1.14. The Kier molecular flexibility index (Phi) is 11.7. The van der Waals surface area contributed by atoms with Crippen LogP contribution >= 0.6 is 11.8 Å². The van der Waals surface area contributed by atoms with Crippen molar-refractivity contribution in [2.24, 2.45) is 5.92 Å². The Morgan fingerprint density at radius 2 is 1.67 bits per heavy atom. The topological polar surface area (TPSA) is 37.3 Å². The van der Waals surface area contributed by atoms with Gasteiger partial charge in [-0.2, -0.15) is 11.8 Å². The molecule has 0 fully saturated rings. The first-order valence-corrected chi connectivity index (χ1v) is 10.6. The van der Waals surface area contributed by atoms with Gasteiger partial charge in [0.1, 0.15) is 0 Å². The van der Waals surface area contributed by atoms with Crippen molar-refractivity contribution in [3.8, 4) is 0 Å². The van der Waals surface area contributed by atoms with Crippen molar-refractivity contribution in [1.82, 2.24) is 0 Å². The van der Waals surface area contributed by atoms with Gasteiger partial charge in [0.25, 0.3) is 0 Å². The number of unbranched alkanes of at least 4 members (excludes halogenated alkanes) is 4. The van der Waals surface area contributed by atoms with Gasteiger partial charge >= 0.3 is 5.97 Å². The summed E-state index contributed by atoms with van der Waals surface area (Å²) < 4.78 is 0. The maximum absolute atomic E-state index is 11.2. The quantitative estimate of drug-likeness (QED) is 0.379. The third-order valence-electron chi connectivity index (χ3n) is 4.50. The first-order chi connectivity index (χ1) is 11.7. The van der Waals surface area contributed by atoms with Crippen molar-refractivity contribution < 1.29 is 9.90 Å². The first-order valence-electron chi connectivity index (χ1n) is 9.55. The van der Waals surface area contributed by atoms with E-state index in [9.17, 15) is 9.90 Å². The predicted octanol–water partition coefficient (Wildman–Crippen LogP) is 6.71. The van der Waals surface area contributed by atoms with Gasteiger partial charge in [0.15, 0.2) is 0 Å². The fraction of sp³-hybridized carbons (Fsp3) is 0.667. The molecular formula is C21H34O2S. The van der Waals surface area contributed by atoms with Gasteiger partial charge in [-0.05, 0) is 30.1 Å². The zero-order chi connectivity index (χ0) is 17.6. The van der Waals surface area contributed by atoms with Crippen LogP contribution in [0.25, 0.3) is 0 Å². The minimum atomic E-state index is -0.704. The van der Waals surface area contributed by atoms with Crippen molar-refractivity contribution in [2.75, 3.05) is 5.75 Å². The van der Waals surface area contributed by atoms with Gasteiger partial charge in [-0.1, -0.05) is 82.7 Å². The molecule has 0 saturated carbocycles. The maximum Gasteiger partial charge on any atom is 0.304 e. The number of aliphatic carboxylic acids is 1. The van der Waals surface area contributed by atoms with Crippen molar-refractivity contribution in [1.29, 1.82) is 0 Å². The van der Waals surface area contributed by atoms with Crippen molar-refractivity contribution in [2.45, 2.75) is 76.9 Å². The molecule has 0 bridgehead atoms. The van der Waals surface area contributed by atoms with Crippen molar-refractivity contribution in [3.63, 3.8) is 0 Å². The molecule has 24 heavy (non-hydrogen) atoms. The van der Waals surface area contributed by atoms with Gasteiger partial charge in [-0.25, -0.2) is 0 Å². The Hall–Kier alpha value is -0.960. The van der Waals surface area contributed by atoms with Crippen LogP contribution in [-0.2, 0) is 4.79 Å². The molecule has 0 aromatic heterocycles. The van der Waals surface area contributed by atoms with Gasteiger partial charge in [-0.3, -0.25) is 4.79 Å². The Morgan fingerprint density at radius 1 is 1.00 bits per heavy atom. The Balaban J connectivity index is 2.56. The first kappa shape index (κ1) is 21.1. The summed E-state index contributed by atoms with van der Waals surface area (Å²) >= 11 is 1.84.